The Kier molecular flexibility index (Phi) is 4.04. The van der Waals surface area contributed by atoms with Crippen LogP contribution in [0.15, 0.2) is 18.2 Å². The van der Waals surface area contributed by atoms with Crippen LogP contribution in [0.4, 0.5) is 0 Å². The maximum absolute atomic E-state index is 12.3. The number of hydrogen-bond donors (Lipinski definition) is 1. The molecule has 1 saturated heterocycles. The minimum atomic E-state index is 0.109. The summed E-state index contributed by atoms with van der Waals surface area (Å²) in [4.78, 5) is 14.1. The lowest BCUT2D eigenvalue weighted by Crippen LogP contribution is -2.45. The molecule has 1 aromatic rings. The SMILES string of the molecule is Cc1ccc(C(=O)N2CCCC(N)C2)cc1I. The first-order valence-electron chi connectivity index (χ1n) is 5.89. The van der Waals surface area contributed by atoms with Crippen LogP contribution in [0, 0.1) is 10.5 Å². The lowest BCUT2D eigenvalue weighted by molar-refractivity contribution is 0.0709. The number of halogens is 1. The first-order chi connectivity index (χ1) is 8.08. The fraction of sp³-hybridized carbons (Fsp3) is 0.462. The zero-order valence-electron chi connectivity index (χ0n) is 9.95. The van der Waals surface area contributed by atoms with E-state index < -0.39 is 0 Å². The number of nitrogens with two attached hydrogens (primary N) is 1. The maximum Gasteiger partial charge on any atom is 0.253 e. The van der Waals surface area contributed by atoms with E-state index in [0.717, 1.165) is 28.5 Å². The van der Waals surface area contributed by atoms with Crippen molar-refractivity contribution >= 4 is 28.5 Å². The monoisotopic (exact) mass is 344 g/mol. The van der Waals surface area contributed by atoms with Crippen molar-refractivity contribution < 1.29 is 4.79 Å². The first kappa shape index (κ1) is 12.8. The second kappa shape index (κ2) is 5.35. The Labute approximate surface area is 116 Å². The number of piperidine rings is 1. The van der Waals surface area contributed by atoms with E-state index in [0.29, 0.717) is 6.54 Å². The van der Waals surface area contributed by atoms with E-state index in [2.05, 4.69) is 22.6 Å². The van der Waals surface area contributed by atoms with Crippen LogP contribution in [0.1, 0.15) is 28.8 Å². The summed E-state index contributed by atoms with van der Waals surface area (Å²) in [5, 5.41) is 0. The Morgan fingerprint density at radius 1 is 1.53 bits per heavy atom. The molecule has 0 radical (unpaired) electrons. The van der Waals surface area contributed by atoms with Gasteiger partial charge in [0.05, 0.1) is 0 Å². The van der Waals surface area contributed by atoms with Crippen molar-refractivity contribution in [2.45, 2.75) is 25.8 Å². The molecular formula is C13H17IN2O. The van der Waals surface area contributed by atoms with Gasteiger partial charge in [0, 0.05) is 28.3 Å². The van der Waals surface area contributed by atoms with Crippen molar-refractivity contribution in [3.63, 3.8) is 0 Å². The zero-order valence-corrected chi connectivity index (χ0v) is 12.1. The van der Waals surface area contributed by atoms with Gasteiger partial charge in [0.15, 0.2) is 0 Å². The van der Waals surface area contributed by atoms with Crippen LogP contribution in [0.2, 0.25) is 0 Å². The van der Waals surface area contributed by atoms with Gasteiger partial charge in [0.25, 0.3) is 5.91 Å². The highest BCUT2D eigenvalue weighted by atomic mass is 127. The summed E-state index contributed by atoms with van der Waals surface area (Å²) in [5.74, 6) is 0.109. The lowest BCUT2D eigenvalue weighted by Gasteiger charge is -2.30. The highest BCUT2D eigenvalue weighted by Gasteiger charge is 2.22. The van der Waals surface area contributed by atoms with Gasteiger partial charge in [-0.25, -0.2) is 0 Å². The minimum Gasteiger partial charge on any atom is -0.337 e. The molecule has 92 valence electrons. The quantitative estimate of drug-likeness (QED) is 0.794. The molecule has 1 atom stereocenters. The summed E-state index contributed by atoms with van der Waals surface area (Å²) < 4.78 is 1.13. The van der Waals surface area contributed by atoms with Crippen molar-refractivity contribution in [1.82, 2.24) is 4.90 Å². The molecule has 1 unspecified atom stereocenters. The van der Waals surface area contributed by atoms with Gasteiger partial charge in [-0.3, -0.25) is 4.79 Å². The predicted molar refractivity (Wildman–Crippen MR) is 77.0 cm³/mol. The Hall–Kier alpha value is -0.620. The van der Waals surface area contributed by atoms with Crippen molar-refractivity contribution in [2.75, 3.05) is 13.1 Å². The fourth-order valence-electron chi connectivity index (χ4n) is 2.10. The topological polar surface area (TPSA) is 46.3 Å². The normalized spacial score (nSPS) is 20.4. The van der Waals surface area contributed by atoms with Crippen molar-refractivity contribution in [3.8, 4) is 0 Å². The van der Waals surface area contributed by atoms with Gasteiger partial charge < -0.3 is 10.6 Å². The van der Waals surface area contributed by atoms with Crippen LogP contribution in [0.3, 0.4) is 0 Å². The van der Waals surface area contributed by atoms with Gasteiger partial charge >= 0.3 is 0 Å². The number of carbonyl (C=O) groups excluding carboxylic acids is 1. The zero-order chi connectivity index (χ0) is 12.4. The molecule has 0 spiro atoms. The number of benzene rings is 1. The lowest BCUT2D eigenvalue weighted by atomic mass is 10.0. The third kappa shape index (κ3) is 2.98. The van der Waals surface area contributed by atoms with E-state index in [9.17, 15) is 4.79 Å². The van der Waals surface area contributed by atoms with E-state index in [1.165, 1.54) is 5.56 Å². The van der Waals surface area contributed by atoms with Gasteiger partial charge in [0.2, 0.25) is 0 Å². The smallest absolute Gasteiger partial charge is 0.253 e. The number of nitrogens with zero attached hydrogens (tertiary/aromatic N) is 1. The van der Waals surface area contributed by atoms with Crippen molar-refractivity contribution in [1.29, 1.82) is 0 Å². The average Bonchev–Trinajstić information content (AvgIpc) is 2.32. The number of likely N-dealkylation sites (tertiary alicyclic amines) is 1. The summed E-state index contributed by atoms with van der Waals surface area (Å²) in [6.45, 7) is 3.56. The Morgan fingerprint density at radius 2 is 2.29 bits per heavy atom. The third-order valence-electron chi connectivity index (χ3n) is 3.16. The summed E-state index contributed by atoms with van der Waals surface area (Å²) in [6.07, 6.45) is 2.03. The van der Waals surface area contributed by atoms with E-state index >= 15 is 0 Å². The molecule has 3 nitrogen and oxygen atoms in total. The largest absolute Gasteiger partial charge is 0.337 e. The Bertz CT molecular complexity index is 433. The van der Waals surface area contributed by atoms with Crippen LogP contribution in [0.5, 0.6) is 0 Å². The molecule has 0 aliphatic carbocycles. The molecule has 1 fully saturated rings. The van der Waals surface area contributed by atoms with Gasteiger partial charge in [-0.1, -0.05) is 6.07 Å². The molecule has 1 amide bonds. The predicted octanol–water partition coefficient (Wildman–Crippen LogP) is 2.16. The number of hydrogen-bond acceptors (Lipinski definition) is 2. The number of aryl methyl sites for hydroxylation is 1. The number of rotatable bonds is 1. The van der Waals surface area contributed by atoms with Crippen LogP contribution in [-0.2, 0) is 0 Å². The second-order valence-corrected chi connectivity index (χ2v) is 5.78. The third-order valence-corrected chi connectivity index (χ3v) is 4.33. The molecule has 0 saturated carbocycles. The Morgan fingerprint density at radius 3 is 2.94 bits per heavy atom. The van der Waals surface area contributed by atoms with E-state index in [1.54, 1.807) is 0 Å². The minimum absolute atomic E-state index is 0.109. The van der Waals surface area contributed by atoms with Crippen molar-refractivity contribution in [3.05, 3.63) is 32.9 Å². The fourth-order valence-corrected chi connectivity index (χ4v) is 2.62. The van der Waals surface area contributed by atoms with Crippen LogP contribution in [0.25, 0.3) is 0 Å². The van der Waals surface area contributed by atoms with E-state index in [4.69, 9.17) is 5.73 Å². The molecule has 0 bridgehead atoms. The van der Waals surface area contributed by atoms with Gasteiger partial charge in [0.1, 0.15) is 0 Å². The Balaban J connectivity index is 2.15. The van der Waals surface area contributed by atoms with Crippen molar-refractivity contribution in [2.24, 2.45) is 5.73 Å². The molecule has 1 aliphatic rings. The van der Waals surface area contributed by atoms with E-state index in [1.807, 2.05) is 30.0 Å². The maximum atomic E-state index is 12.3. The van der Waals surface area contributed by atoms with Gasteiger partial charge in [-0.15, -0.1) is 0 Å². The second-order valence-electron chi connectivity index (χ2n) is 4.62. The van der Waals surface area contributed by atoms with Crippen LogP contribution in [-0.4, -0.2) is 29.9 Å². The number of amides is 1. The molecule has 1 aromatic carbocycles. The van der Waals surface area contributed by atoms with Gasteiger partial charge in [-0.2, -0.15) is 0 Å². The summed E-state index contributed by atoms with van der Waals surface area (Å²) in [6, 6.07) is 5.99. The molecule has 4 heteroatoms. The molecule has 0 aromatic heterocycles. The highest BCUT2D eigenvalue weighted by Crippen LogP contribution is 2.17. The average molecular weight is 344 g/mol. The first-order valence-corrected chi connectivity index (χ1v) is 6.97. The van der Waals surface area contributed by atoms with Crippen LogP contribution >= 0.6 is 22.6 Å². The van der Waals surface area contributed by atoms with E-state index in [-0.39, 0.29) is 11.9 Å². The molecule has 17 heavy (non-hydrogen) atoms. The molecule has 1 heterocycles. The summed E-state index contributed by atoms with van der Waals surface area (Å²) in [5.41, 5.74) is 7.88. The van der Waals surface area contributed by atoms with Gasteiger partial charge in [-0.05, 0) is 60.1 Å². The highest BCUT2D eigenvalue weighted by molar-refractivity contribution is 14.1. The molecular weight excluding hydrogens is 327 g/mol. The molecule has 2 N–H and O–H groups in total. The number of carbonyl (C=O) groups is 1. The molecule has 2 rings (SSSR count). The summed E-state index contributed by atoms with van der Waals surface area (Å²) >= 11 is 2.26. The van der Waals surface area contributed by atoms with Crippen LogP contribution < -0.4 is 5.73 Å². The molecule has 1 aliphatic heterocycles. The standard InChI is InChI=1S/C13H17IN2O/c1-9-4-5-10(7-12(9)14)13(17)16-6-2-3-11(15)8-16/h4-5,7,11H,2-3,6,8,15H2,1H3. The summed E-state index contributed by atoms with van der Waals surface area (Å²) in [7, 11) is 0.